The number of imide groups is 1. The maximum absolute atomic E-state index is 13.9. The molecule has 1 saturated heterocycles. The second kappa shape index (κ2) is 10.8. The van der Waals surface area contributed by atoms with Crippen LogP contribution in [0.1, 0.15) is 36.6 Å². The topological polar surface area (TPSA) is 115 Å². The highest BCUT2D eigenvalue weighted by Crippen LogP contribution is 2.68. The number of anilines is 1. The summed E-state index contributed by atoms with van der Waals surface area (Å²) in [7, 11) is 0. The highest BCUT2D eigenvalue weighted by molar-refractivity contribution is 8.00. The number of benzene rings is 2. The Morgan fingerprint density at radius 3 is 2.44 bits per heavy atom. The van der Waals surface area contributed by atoms with Crippen molar-refractivity contribution in [3.8, 4) is 11.5 Å². The molecule has 2 aliphatic heterocycles. The predicted octanol–water partition coefficient (Wildman–Crippen LogP) is 4.59. The maximum Gasteiger partial charge on any atom is 0.344 e. The quantitative estimate of drug-likeness (QED) is 0.286. The molecular weight excluding hydrogens is 595 g/mol. The number of aromatic amines is 1. The first-order chi connectivity index (χ1) is 20.8. The van der Waals surface area contributed by atoms with Crippen LogP contribution in [0.4, 0.5) is 10.1 Å². The number of thioether (sulfide) groups is 1. The van der Waals surface area contributed by atoms with Gasteiger partial charge in [-0.2, -0.15) is 0 Å². The number of nitrogens with one attached hydrogen (secondary N) is 1. The van der Waals surface area contributed by atoms with Gasteiger partial charge in [-0.05, 0) is 80.0 Å². The van der Waals surface area contributed by atoms with Gasteiger partial charge in [0.05, 0.1) is 35.8 Å². The molecule has 4 unspecified atom stereocenters. The lowest BCUT2D eigenvalue weighted by Crippen LogP contribution is -2.42. The number of hydrogen-bond donors (Lipinski definition) is 1. The summed E-state index contributed by atoms with van der Waals surface area (Å²) in [5.41, 5.74) is 1.30. The van der Waals surface area contributed by atoms with Crippen LogP contribution in [0.25, 0.3) is 0 Å². The Balaban J connectivity index is 1.26. The van der Waals surface area contributed by atoms with Crippen molar-refractivity contribution < 1.29 is 33.0 Å². The third-order valence-electron chi connectivity index (χ3n) is 9.09. The van der Waals surface area contributed by atoms with Gasteiger partial charge in [0.15, 0.2) is 18.1 Å². The zero-order chi connectivity index (χ0) is 30.0. The molecule has 1 N–H and O–H groups in total. The van der Waals surface area contributed by atoms with Gasteiger partial charge < -0.3 is 19.2 Å². The van der Waals surface area contributed by atoms with Crippen LogP contribution in [-0.4, -0.2) is 47.8 Å². The van der Waals surface area contributed by atoms with Gasteiger partial charge in [0, 0.05) is 16.0 Å². The molecule has 9 nitrogen and oxygen atoms in total. The minimum absolute atomic E-state index is 0.000828. The largest absolute Gasteiger partial charge is 0.490 e. The lowest BCUT2D eigenvalue weighted by molar-refractivity contribution is -0.145. The van der Waals surface area contributed by atoms with Crippen molar-refractivity contribution >= 4 is 46.6 Å². The van der Waals surface area contributed by atoms with Crippen molar-refractivity contribution in [2.45, 2.75) is 36.5 Å². The molecule has 2 aliphatic carbocycles. The summed E-state index contributed by atoms with van der Waals surface area (Å²) >= 11 is 2.79. The molecule has 3 aromatic rings. The molecule has 43 heavy (non-hydrogen) atoms. The molecule has 12 heteroatoms. The number of rotatable bonds is 8. The van der Waals surface area contributed by atoms with Gasteiger partial charge in [-0.3, -0.25) is 19.3 Å². The molecule has 0 radical (unpaired) electrons. The Labute approximate surface area is 254 Å². The average Bonchev–Trinajstić information content (AvgIpc) is 3.72. The van der Waals surface area contributed by atoms with Gasteiger partial charge in [-0.25, -0.2) is 9.18 Å². The molecule has 4 aliphatic rings. The lowest BCUT2D eigenvalue weighted by atomic mass is 9.68. The van der Waals surface area contributed by atoms with Gasteiger partial charge in [0.2, 0.25) is 11.8 Å². The molecule has 2 bridgehead atoms. The number of ether oxygens (including phenoxy) is 3. The van der Waals surface area contributed by atoms with Crippen LogP contribution in [0.15, 0.2) is 52.3 Å². The zero-order valence-corrected chi connectivity index (χ0v) is 25.0. The van der Waals surface area contributed by atoms with Crippen LogP contribution in [-0.2, 0) is 19.1 Å². The number of aromatic nitrogens is 1. The molecule has 7 atom stereocenters. The summed E-state index contributed by atoms with van der Waals surface area (Å²) in [5.74, 6) is -1.72. The number of H-pyrrole nitrogens is 1. The van der Waals surface area contributed by atoms with Gasteiger partial charge in [0.1, 0.15) is 5.82 Å². The third-order valence-corrected chi connectivity index (χ3v) is 11.7. The van der Waals surface area contributed by atoms with E-state index in [1.54, 1.807) is 24.8 Å². The minimum Gasteiger partial charge on any atom is -0.490 e. The standard InChI is InChI=1S/C31H29FN2O7S2/c1-3-39-20-11-14(5-10-19(20)41-13-21(35)40-4-2)22-23-17-12-18(26(23)42-28-27(22)43-31(38)33-28)25-24(17)29(36)34(30(25)37)16-8-6-15(32)7-9-16/h5-11,17-18,22-26H,3-4,12-13H2,1-2H3,(H,33,38)/t17-,18-,22-,23?,24?,25?,26?/m1/s1. The van der Waals surface area contributed by atoms with E-state index in [1.807, 2.05) is 19.1 Å². The number of carbonyl (C=O) groups excluding carboxylic acids is 3. The summed E-state index contributed by atoms with van der Waals surface area (Å²) in [6, 6.07) is 11.0. The van der Waals surface area contributed by atoms with Crippen LogP contribution >= 0.6 is 23.1 Å². The van der Waals surface area contributed by atoms with E-state index in [0.717, 1.165) is 21.9 Å². The Morgan fingerprint density at radius 1 is 0.977 bits per heavy atom. The summed E-state index contributed by atoms with van der Waals surface area (Å²) < 4.78 is 30.3. The minimum atomic E-state index is -0.482. The molecule has 2 aromatic carbocycles. The van der Waals surface area contributed by atoms with Crippen molar-refractivity contribution in [2.24, 2.45) is 29.6 Å². The molecule has 3 fully saturated rings. The van der Waals surface area contributed by atoms with E-state index >= 15 is 0 Å². The monoisotopic (exact) mass is 624 g/mol. The Kier molecular flexibility index (Phi) is 7.08. The van der Waals surface area contributed by atoms with Gasteiger partial charge in [0.25, 0.3) is 0 Å². The van der Waals surface area contributed by atoms with Crippen molar-refractivity contribution in [3.05, 3.63) is 68.4 Å². The number of nitrogens with zero attached hydrogens (tertiary/aromatic N) is 1. The fraction of sp³-hybridized carbons (Fsp3) is 0.419. The number of esters is 1. The summed E-state index contributed by atoms with van der Waals surface area (Å²) in [6.45, 7) is 3.96. The van der Waals surface area contributed by atoms with Crippen LogP contribution in [0.3, 0.4) is 0 Å². The van der Waals surface area contributed by atoms with E-state index in [9.17, 15) is 23.6 Å². The molecule has 7 rings (SSSR count). The first kappa shape index (κ1) is 28.1. The summed E-state index contributed by atoms with van der Waals surface area (Å²) in [6.07, 6.45) is 0.751. The average molecular weight is 625 g/mol. The summed E-state index contributed by atoms with van der Waals surface area (Å²) in [4.78, 5) is 57.1. The van der Waals surface area contributed by atoms with Crippen molar-refractivity contribution in [1.29, 1.82) is 0 Å². The SMILES string of the molecule is CCOC(=O)COc1ccc([C@H]2c3sc(=O)[nH]c3SC3C2[C@H]2C[C@@H]3C3C(=O)N(c4ccc(F)cc4)C(=O)C32)cc1OCC. The molecule has 1 aromatic heterocycles. The lowest BCUT2D eigenvalue weighted by Gasteiger charge is -2.43. The fourth-order valence-corrected chi connectivity index (χ4v) is 10.6. The first-order valence-corrected chi connectivity index (χ1v) is 16.1. The normalized spacial score (nSPS) is 28.4. The predicted molar refractivity (Wildman–Crippen MR) is 157 cm³/mol. The number of carbonyl (C=O) groups is 3. The third kappa shape index (κ3) is 4.48. The molecule has 2 amide bonds. The number of hydrogen-bond acceptors (Lipinski definition) is 9. The Hall–Kier alpha value is -3.64. The highest BCUT2D eigenvalue weighted by Gasteiger charge is 2.69. The van der Waals surface area contributed by atoms with Crippen LogP contribution in [0, 0.1) is 35.4 Å². The van der Waals surface area contributed by atoms with E-state index in [4.69, 9.17) is 14.2 Å². The van der Waals surface area contributed by atoms with Crippen molar-refractivity contribution in [2.75, 3.05) is 24.7 Å². The number of thiazole rings is 1. The number of amides is 2. The zero-order valence-electron chi connectivity index (χ0n) is 23.4. The second-order valence-electron chi connectivity index (χ2n) is 11.2. The van der Waals surface area contributed by atoms with E-state index in [2.05, 4.69) is 4.98 Å². The van der Waals surface area contributed by atoms with Crippen molar-refractivity contribution in [1.82, 2.24) is 4.98 Å². The molecular formula is C31H29FN2O7S2. The second-order valence-corrected chi connectivity index (χ2v) is 13.4. The van der Waals surface area contributed by atoms with Crippen LogP contribution < -0.4 is 19.2 Å². The molecule has 224 valence electrons. The molecule has 0 spiro atoms. The fourth-order valence-electron chi connectivity index (χ4n) is 7.68. The molecule has 2 saturated carbocycles. The maximum atomic E-state index is 13.9. The van der Waals surface area contributed by atoms with Gasteiger partial charge >= 0.3 is 10.8 Å². The van der Waals surface area contributed by atoms with E-state index in [0.29, 0.717) is 23.8 Å². The van der Waals surface area contributed by atoms with Crippen LogP contribution in [0.2, 0.25) is 0 Å². The van der Waals surface area contributed by atoms with Gasteiger partial charge in [-0.1, -0.05) is 17.4 Å². The van der Waals surface area contributed by atoms with E-state index in [1.165, 1.54) is 40.5 Å². The van der Waals surface area contributed by atoms with Gasteiger partial charge in [-0.15, -0.1) is 11.8 Å². The van der Waals surface area contributed by atoms with E-state index in [-0.39, 0.29) is 58.8 Å². The smallest absolute Gasteiger partial charge is 0.344 e. The number of halogens is 1. The highest BCUT2D eigenvalue weighted by atomic mass is 32.2. The Bertz CT molecular complexity index is 1670. The van der Waals surface area contributed by atoms with Crippen LogP contribution in [0.5, 0.6) is 11.5 Å². The number of fused-ring (bicyclic) bond motifs is 9. The van der Waals surface area contributed by atoms with E-state index < -0.39 is 23.6 Å². The summed E-state index contributed by atoms with van der Waals surface area (Å²) in [5, 5.41) is 0.826. The Morgan fingerprint density at radius 2 is 1.72 bits per heavy atom. The molecule has 3 heterocycles. The van der Waals surface area contributed by atoms with Crippen molar-refractivity contribution in [3.63, 3.8) is 0 Å². The first-order valence-electron chi connectivity index (χ1n) is 14.4.